The molecule has 1 unspecified atom stereocenters. The van der Waals surface area contributed by atoms with Crippen LogP contribution in [-0.2, 0) is 19.6 Å². The predicted octanol–water partition coefficient (Wildman–Crippen LogP) is 5.06. The lowest BCUT2D eigenvalue weighted by atomic mass is 9.97. The summed E-state index contributed by atoms with van der Waals surface area (Å²) in [5.74, 6) is -0.459. The third-order valence-electron chi connectivity index (χ3n) is 4.85. The fourth-order valence-electron chi connectivity index (χ4n) is 3.28. The Hall–Kier alpha value is -2.39. The molecule has 168 valence electrons. The fraction of sp³-hybridized carbons (Fsp3) is 0.174. The van der Waals surface area contributed by atoms with Gasteiger partial charge in [0.1, 0.15) is 0 Å². The standard InChI is InChI=1S/C23H22BrClN2O4S/c1-15-7-3-6-10-21(15)32(29,30)27-20-12-11-16(24)13-18(20)23(26-14-22(28)31-2)17-8-4-5-9-19(17)25/h3-13,23,26-27H,14H2,1-2H3. The highest BCUT2D eigenvalue weighted by Gasteiger charge is 2.24. The number of carbonyl (C=O) groups is 1. The number of carbonyl (C=O) groups excluding carboxylic acids is 1. The second kappa shape index (κ2) is 10.5. The van der Waals surface area contributed by atoms with E-state index in [-0.39, 0.29) is 11.4 Å². The summed E-state index contributed by atoms with van der Waals surface area (Å²) in [5, 5.41) is 3.61. The van der Waals surface area contributed by atoms with Gasteiger partial charge in [-0.05, 0) is 53.9 Å². The average molecular weight is 538 g/mol. The lowest BCUT2D eigenvalue weighted by Crippen LogP contribution is -2.30. The number of methoxy groups -OCH3 is 1. The van der Waals surface area contributed by atoms with Crippen LogP contribution in [0.1, 0.15) is 22.7 Å². The highest BCUT2D eigenvalue weighted by molar-refractivity contribution is 9.10. The van der Waals surface area contributed by atoms with Gasteiger partial charge in [-0.2, -0.15) is 0 Å². The van der Waals surface area contributed by atoms with Crippen molar-refractivity contribution >= 4 is 49.2 Å². The maximum absolute atomic E-state index is 13.2. The molecule has 0 heterocycles. The Morgan fingerprint density at radius 1 is 1.06 bits per heavy atom. The number of benzene rings is 3. The van der Waals surface area contributed by atoms with Gasteiger partial charge in [-0.25, -0.2) is 8.42 Å². The van der Waals surface area contributed by atoms with Crippen LogP contribution in [0.2, 0.25) is 5.02 Å². The van der Waals surface area contributed by atoms with E-state index in [0.717, 1.165) is 4.47 Å². The van der Waals surface area contributed by atoms with Crippen LogP contribution in [0.25, 0.3) is 0 Å². The van der Waals surface area contributed by atoms with Gasteiger partial charge in [0.05, 0.1) is 30.3 Å². The first-order valence-corrected chi connectivity index (χ1v) is 12.3. The third kappa shape index (κ3) is 5.69. The molecule has 32 heavy (non-hydrogen) atoms. The zero-order valence-corrected chi connectivity index (χ0v) is 20.6. The van der Waals surface area contributed by atoms with Gasteiger partial charge in [-0.3, -0.25) is 14.8 Å². The summed E-state index contributed by atoms with van der Waals surface area (Å²) in [6, 6.07) is 18.5. The van der Waals surface area contributed by atoms with Gasteiger partial charge in [-0.15, -0.1) is 0 Å². The Morgan fingerprint density at radius 3 is 2.44 bits per heavy atom. The van der Waals surface area contributed by atoms with Crippen molar-refractivity contribution in [3.8, 4) is 0 Å². The summed E-state index contributed by atoms with van der Waals surface area (Å²) in [6.45, 7) is 1.64. The summed E-state index contributed by atoms with van der Waals surface area (Å²) < 4.78 is 34.5. The SMILES string of the molecule is COC(=O)CNC(c1ccccc1Cl)c1cc(Br)ccc1NS(=O)(=O)c1ccccc1C. The molecule has 0 aromatic heterocycles. The van der Waals surface area contributed by atoms with Crippen molar-refractivity contribution in [2.75, 3.05) is 18.4 Å². The number of ether oxygens (including phenoxy) is 1. The smallest absolute Gasteiger partial charge is 0.319 e. The van der Waals surface area contributed by atoms with Crippen LogP contribution in [0.4, 0.5) is 5.69 Å². The van der Waals surface area contributed by atoms with Crippen molar-refractivity contribution in [2.24, 2.45) is 0 Å². The highest BCUT2D eigenvalue weighted by Crippen LogP contribution is 2.35. The first-order valence-electron chi connectivity index (χ1n) is 9.65. The van der Waals surface area contributed by atoms with Gasteiger partial charge in [0, 0.05) is 9.50 Å². The zero-order valence-electron chi connectivity index (χ0n) is 17.4. The summed E-state index contributed by atoms with van der Waals surface area (Å²) in [5.41, 5.74) is 2.27. The molecule has 0 saturated carbocycles. The Kier molecular flexibility index (Phi) is 7.95. The molecular formula is C23H22BrClN2O4S. The quantitative estimate of drug-likeness (QED) is 0.392. The lowest BCUT2D eigenvalue weighted by molar-refractivity contribution is -0.139. The normalized spacial score (nSPS) is 12.2. The van der Waals surface area contributed by atoms with E-state index in [1.54, 1.807) is 61.5 Å². The van der Waals surface area contributed by atoms with Crippen molar-refractivity contribution < 1.29 is 17.9 Å². The molecule has 0 amide bonds. The van der Waals surface area contributed by atoms with Gasteiger partial charge in [0.25, 0.3) is 10.0 Å². The van der Waals surface area contributed by atoms with Gasteiger partial charge in [-0.1, -0.05) is 63.9 Å². The van der Waals surface area contributed by atoms with Crippen molar-refractivity contribution in [1.82, 2.24) is 5.32 Å². The number of aryl methyl sites for hydroxylation is 1. The summed E-state index contributed by atoms with van der Waals surface area (Å²) in [6.07, 6.45) is 0. The van der Waals surface area contributed by atoms with Crippen LogP contribution in [0.5, 0.6) is 0 Å². The van der Waals surface area contributed by atoms with Gasteiger partial charge in [0.15, 0.2) is 0 Å². The van der Waals surface area contributed by atoms with E-state index in [0.29, 0.717) is 27.4 Å². The molecular weight excluding hydrogens is 516 g/mol. The van der Waals surface area contributed by atoms with Crippen molar-refractivity contribution in [2.45, 2.75) is 17.9 Å². The molecule has 9 heteroatoms. The van der Waals surface area contributed by atoms with Crippen molar-refractivity contribution in [3.05, 3.63) is 92.9 Å². The van der Waals surface area contributed by atoms with Gasteiger partial charge in [0.2, 0.25) is 0 Å². The summed E-state index contributed by atoms with van der Waals surface area (Å²) >= 11 is 9.91. The first kappa shape index (κ1) is 24.3. The van der Waals surface area contributed by atoms with Gasteiger partial charge >= 0.3 is 5.97 Å². The Labute approximate surface area is 201 Å². The minimum Gasteiger partial charge on any atom is -0.468 e. The van der Waals surface area contributed by atoms with E-state index >= 15 is 0 Å². The highest BCUT2D eigenvalue weighted by atomic mass is 79.9. The summed E-state index contributed by atoms with van der Waals surface area (Å²) in [4.78, 5) is 12.0. The predicted molar refractivity (Wildman–Crippen MR) is 129 cm³/mol. The topological polar surface area (TPSA) is 84.5 Å². The maximum atomic E-state index is 13.2. The van der Waals surface area contributed by atoms with E-state index in [1.807, 2.05) is 12.1 Å². The number of rotatable bonds is 8. The number of nitrogens with one attached hydrogen (secondary N) is 2. The first-order chi connectivity index (χ1) is 15.2. The molecule has 0 saturated heterocycles. The molecule has 3 aromatic carbocycles. The Balaban J connectivity index is 2.09. The molecule has 0 aliphatic carbocycles. The third-order valence-corrected chi connectivity index (χ3v) is 7.21. The van der Waals surface area contributed by atoms with E-state index in [1.165, 1.54) is 7.11 Å². The molecule has 0 aliphatic heterocycles. The molecule has 1 atom stereocenters. The van der Waals surface area contributed by atoms with Crippen LogP contribution >= 0.6 is 27.5 Å². The molecule has 0 fully saturated rings. The maximum Gasteiger partial charge on any atom is 0.319 e. The number of hydrogen-bond acceptors (Lipinski definition) is 5. The van der Waals surface area contributed by atoms with Gasteiger partial charge < -0.3 is 4.74 Å². The van der Waals surface area contributed by atoms with E-state index in [2.05, 4.69) is 26.0 Å². The average Bonchev–Trinajstić information content (AvgIpc) is 2.76. The van der Waals surface area contributed by atoms with Crippen LogP contribution in [0.15, 0.2) is 76.1 Å². The summed E-state index contributed by atoms with van der Waals surface area (Å²) in [7, 11) is -2.56. The minimum absolute atomic E-state index is 0.0944. The van der Waals surface area contributed by atoms with E-state index in [4.69, 9.17) is 16.3 Å². The van der Waals surface area contributed by atoms with E-state index < -0.39 is 22.0 Å². The largest absolute Gasteiger partial charge is 0.468 e. The Morgan fingerprint density at radius 2 is 1.75 bits per heavy atom. The molecule has 0 spiro atoms. The van der Waals surface area contributed by atoms with Crippen LogP contribution in [0, 0.1) is 6.92 Å². The molecule has 3 aromatic rings. The number of sulfonamides is 1. The molecule has 0 aliphatic rings. The monoisotopic (exact) mass is 536 g/mol. The van der Waals surface area contributed by atoms with Crippen molar-refractivity contribution in [3.63, 3.8) is 0 Å². The minimum atomic E-state index is -3.86. The zero-order chi connectivity index (χ0) is 23.3. The second-order valence-electron chi connectivity index (χ2n) is 7.01. The van der Waals surface area contributed by atoms with Crippen LogP contribution in [0.3, 0.4) is 0 Å². The molecule has 0 radical (unpaired) electrons. The van der Waals surface area contributed by atoms with E-state index in [9.17, 15) is 13.2 Å². The fourth-order valence-corrected chi connectivity index (χ4v) is 5.24. The van der Waals surface area contributed by atoms with Crippen LogP contribution < -0.4 is 10.0 Å². The number of halogens is 2. The Bertz CT molecular complexity index is 1230. The number of esters is 1. The molecule has 6 nitrogen and oxygen atoms in total. The molecule has 2 N–H and O–H groups in total. The molecule has 0 bridgehead atoms. The number of hydrogen-bond donors (Lipinski definition) is 2. The van der Waals surface area contributed by atoms with Crippen LogP contribution in [-0.4, -0.2) is 28.0 Å². The molecule has 3 rings (SSSR count). The number of anilines is 1. The van der Waals surface area contributed by atoms with Crippen molar-refractivity contribution in [1.29, 1.82) is 0 Å². The second-order valence-corrected chi connectivity index (χ2v) is 9.99. The lowest BCUT2D eigenvalue weighted by Gasteiger charge is -2.24.